The van der Waals surface area contributed by atoms with Crippen molar-refractivity contribution in [3.05, 3.63) is 61.8 Å². The Kier molecular flexibility index (Phi) is 4.44. The SMILES string of the molecule is CC(=NNC(=O)c1ccc([N+](=O)[O-])c(C)c1)c1cccs1. The van der Waals surface area contributed by atoms with Gasteiger partial charge in [-0.25, -0.2) is 5.43 Å². The summed E-state index contributed by atoms with van der Waals surface area (Å²) in [6.45, 7) is 3.39. The van der Waals surface area contributed by atoms with E-state index in [1.165, 1.54) is 29.5 Å². The van der Waals surface area contributed by atoms with Gasteiger partial charge in [-0.05, 0) is 37.4 Å². The number of rotatable bonds is 4. The lowest BCUT2D eigenvalue weighted by Crippen LogP contribution is -2.19. The first kappa shape index (κ1) is 14.9. The third kappa shape index (κ3) is 3.51. The van der Waals surface area contributed by atoms with Crippen LogP contribution in [0.2, 0.25) is 0 Å². The second-order valence-electron chi connectivity index (χ2n) is 4.37. The Labute approximate surface area is 125 Å². The summed E-state index contributed by atoms with van der Waals surface area (Å²) in [5.41, 5.74) is 3.92. The summed E-state index contributed by atoms with van der Waals surface area (Å²) in [6, 6.07) is 8.02. The van der Waals surface area contributed by atoms with Gasteiger partial charge in [-0.1, -0.05) is 6.07 Å². The van der Waals surface area contributed by atoms with E-state index in [1.807, 2.05) is 17.5 Å². The van der Waals surface area contributed by atoms with Gasteiger partial charge in [-0.2, -0.15) is 5.10 Å². The molecule has 0 bridgehead atoms. The predicted octanol–water partition coefficient (Wildman–Crippen LogP) is 3.12. The van der Waals surface area contributed by atoms with Gasteiger partial charge < -0.3 is 0 Å². The molecule has 1 heterocycles. The van der Waals surface area contributed by atoms with Gasteiger partial charge in [0.25, 0.3) is 11.6 Å². The number of carbonyl (C=O) groups excluding carboxylic acids is 1. The lowest BCUT2D eigenvalue weighted by Gasteiger charge is -2.03. The van der Waals surface area contributed by atoms with Crippen molar-refractivity contribution in [1.82, 2.24) is 5.43 Å². The molecule has 0 radical (unpaired) electrons. The van der Waals surface area contributed by atoms with Gasteiger partial charge in [0.05, 0.1) is 10.6 Å². The normalized spacial score (nSPS) is 11.2. The molecular weight excluding hydrogens is 290 g/mol. The molecule has 1 aromatic carbocycles. The van der Waals surface area contributed by atoms with E-state index < -0.39 is 10.8 Å². The highest BCUT2D eigenvalue weighted by Gasteiger charge is 2.13. The molecule has 0 saturated carbocycles. The van der Waals surface area contributed by atoms with Crippen LogP contribution in [-0.2, 0) is 0 Å². The van der Waals surface area contributed by atoms with E-state index in [2.05, 4.69) is 10.5 Å². The Balaban J connectivity index is 2.12. The molecule has 1 N–H and O–H groups in total. The van der Waals surface area contributed by atoms with Gasteiger partial charge >= 0.3 is 0 Å². The van der Waals surface area contributed by atoms with Crippen LogP contribution in [0.3, 0.4) is 0 Å². The number of nitro groups is 1. The van der Waals surface area contributed by atoms with Crippen LogP contribution in [-0.4, -0.2) is 16.5 Å². The molecule has 0 aliphatic heterocycles. The van der Waals surface area contributed by atoms with Gasteiger partial charge in [-0.15, -0.1) is 11.3 Å². The van der Waals surface area contributed by atoms with Crippen LogP contribution in [0, 0.1) is 17.0 Å². The molecule has 2 rings (SSSR count). The van der Waals surface area contributed by atoms with Crippen molar-refractivity contribution in [2.24, 2.45) is 5.10 Å². The summed E-state index contributed by atoms with van der Waals surface area (Å²) >= 11 is 1.53. The molecule has 2 aromatic rings. The Morgan fingerprint density at radius 2 is 2.14 bits per heavy atom. The minimum absolute atomic E-state index is 0.00943. The zero-order valence-electron chi connectivity index (χ0n) is 11.5. The number of benzene rings is 1. The molecule has 6 nitrogen and oxygen atoms in total. The van der Waals surface area contributed by atoms with E-state index in [0.29, 0.717) is 16.8 Å². The average Bonchev–Trinajstić information content (AvgIpc) is 2.98. The lowest BCUT2D eigenvalue weighted by atomic mass is 10.1. The topological polar surface area (TPSA) is 84.6 Å². The Morgan fingerprint density at radius 3 is 2.71 bits per heavy atom. The standard InChI is InChI=1S/C14H13N3O3S/c1-9-8-11(5-6-12(9)17(19)20)14(18)16-15-10(2)13-4-3-7-21-13/h3-8H,1-2H3,(H,16,18). The van der Waals surface area contributed by atoms with Crippen molar-refractivity contribution in [1.29, 1.82) is 0 Å². The van der Waals surface area contributed by atoms with Gasteiger partial charge in [-0.3, -0.25) is 14.9 Å². The number of nitrogens with one attached hydrogen (secondary N) is 1. The van der Waals surface area contributed by atoms with Gasteiger partial charge in [0.15, 0.2) is 0 Å². The smallest absolute Gasteiger partial charge is 0.267 e. The lowest BCUT2D eigenvalue weighted by molar-refractivity contribution is -0.385. The number of carbonyl (C=O) groups is 1. The fraction of sp³-hybridized carbons (Fsp3) is 0.143. The van der Waals surface area contributed by atoms with Crippen LogP contribution >= 0.6 is 11.3 Å². The van der Waals surface area contributed by atoms with E-state index in [-0.39, 0.29) is 5.69 Å². The number of nitro benzene ring substituents is 1. The molecule has 21 heavy (non-hydrogen) atoms. The molecule has 1 amide bonds. The Morgan fingerprint density at radius 1 is 1.38 bits per heavy atom. The minimum Gasteiger partial charge on any atom is -0.267 e. The zero-order chi connectivity index (χ0) is 15.4. The fourth-order valence-electron chi connectivity index (χ4n) is 1.74. The average molecular weight is 303 g/mol. The zero-order valence-corrected chi connectivity index (χ0v) is 12.3. The number of amides is 1. The van der Waals surface area contributed by atoms with Crippen molar-refractivity contribution < 1.29 is 9.72 Å². The molecule has 1 aromatic heterocycles. The Hall–Kier alpha value is -2.54. The summed E-state index contributed by atoms with van der Waals surface area (Å²) in [5, 5.41) is 16.7. The van der Waals surface area contributed by atoms with Crippen molar-refractivity contribution in [2.75, 3.05) is 0 Å². The molecule has 0 atom stereocenters. The van der Waals surface area contributed by atoms with E-state index in [0.717, 1.165) is 4.88 Å². The maximum atomic E-state index is 12.0. The monoisotopic (exact) mass is 303 g/mol. The number of thiophene rings is 1. The highest BCUT2D eigenvalue weighted by Crippen LogP contribution is 2.18. The van der Waals surface area contributed by atoms with Crippen LogP contribution < -0.4 is 5.43 Å². The van der Waals surface area contributed by atoms with Crippen LogP contribution in [0.4, 0.5) is 5.69 Å². The van der Waals surface area contributed by atoms with E-state index >= 15 is 0 Å². The molecule has 7 heteroatoms. The Bertz CT molecular complexity index is 708. The number of hydrazone groups is 1. The maximum Gasteiger partial charge on any atom is 0.272 e. The predicted molar refractivity (Wildman–Crippen MR) is 81.8 cm³/mol. The first-order valence-corrected chi connectivity index (χ1v) is 7.00. The largest absolute Gasteiger partial charge is 0.272 e. The van der Waals surface area contributed by atoms with E-state index in [4.69, 9.17) is 0 Å². The van der Waals surface area contributed by atoms with Crippen molar-refractivity contribution in [3.63, 3.8) is 0 Å². The summed E-state index contributed by atoms with van der Waals surface area (Å²) in [5.74, 6) is -0.399. The molecular formula is C14H13N3O3S. The molecule has 0 fully saturated rings. The quantitative estimate of drug-likeness (QED) is 0.535. The minimum atomic E-state index is -0.476. The van der Waals surface area contributed by atoms with Crippen LogP contribution in [0.1, 0.15) is 27.7 Å². The summed E-state index contributed by atoms with van der Waals surface area (Å²) in [4.78, 5) is 23.2. The molecule has 0 spiro atoms. The number of aryl methyl sites for hydroxylation is 1. The van der Waals surface area contributed by atoms with Crippen molar-refractivity contribution in [3.8, 4) is 0 Å². The fourth-order valence-corrected chi connectivity index (χ4v) is 2.42. The van der Waals surface area contributed by atoms with Gasteiger partial charge in [0.2, 0.25) is 0 Å². The molecule has 0 aliphatic rings. The van der Waals surface area contributed by atoms with E-state index in [1.54, 1.807) is 13.8 Å². The third-order valence-corrected chi connectivity index (χ3v) is 3.84. The summed E-state index contributed by atoms with van der Waals surface area (Å²) in [7, 11) is 0. The molecule has 0 unspecified atom stereocenters. The van der Waals surface area contributed by atoms with Crippen LogP contribution in [0.25, 0.3) is 0 Å². The molecule has 0 saturated heterocycles. The van der Waals surface area contributed by atoms with E-state index in [9.17, 15) is 14.9 Å². The van der Waals surface area contributed by atoms with Crippen LogP contribution in [0.15, 0.2) is 40.8 Å². The van der Waals surface area contributed by atoms with Crippen molar-refractivity contribution >= 4 is 28.6 Å². The summed E-state index contributed by atoms with van der Waals surface area (Å²) < 4.78 is 0. The third-order valence-electron chi connectivity index (χ3n) is 2.86. The second kappa shape index (κ2) is 6.27. The van der Waals surface area contributed by atoms with Crippen LogP contribution in [0.5, 0.6) is 0 Å². The highest BCUT2D eigenvalue weighted by molar-refractivity contribution is 7.12. The maximum absolute atomic E-state index is 12.0. The van der Waals surface area contributed by atoms with Crippen molar-refractivity contribution in [2.45, 2.75) is 13.8 Å². The van der Waals surface area contributed by atoms with Gasteiger partial charge in [0.1, 0.15) is 0 Å². The number of hydrogen-bond acceptors (Lipinski definition) is 5. The first-order valence-electron chi connectivity index (χ1n) is 6.12. The summed E-state index contributed by atoms with van der Waals surface area (Å²) in [6.07, 6.45) is 0. The number of nitrogens with zero attached hydrogens (tertiary/aromatic N) is 2. The molecule has 0 aliphatic carbocycles. The second-order valence-corrected chi connectivity index (χ2v) is 5.32. The van der Waals surface area contributed by atoms with Gasteiger partial charge in [0, 0.05) is 22.1 Å². The highest BCUT2D eigenvalue weighted by atomic mass is 32.1. The first-order chi connectivity index (χ1) is 9.99. The number of hydrogen-bond donors (Lipinski definition) is 1. The molecule has 108 valence electrons.